The quantitative estimate of drug-likeness (QED) is 0.259. The number of methoxy groups -OCH3 is 1. The van der Waals surface area contributed by atoms with Crippen molar-refractivity contribution in [2.24, 2.45) is 15.7 Å². The summed E-state index contributed by atoms with van der Waals surface area (Å²) in [4.78, 5) is 24.9. The molecule has 0 saturated carbocycles. The molecule has 0 fully saturated rings. The maximum atomic E-state index is 11.5. The van der Waals surface area contributed by atoms with Gasteiger partial charge < -0.3 is 15.8 Å². The lowest BCUT2D eigenvalue weighted by Crippen LogP contribution is -2.25. The third kappa shape index (κ3) is 5.66. The highest BCUT2D eigenvalue weighted by molar-refractivity contribution is 6.09. The Morgan fingerprint density at radius 1 is 1.09 bits per heavy atom. The van der Waals surface area contributed by atoms with Crippen LogP contribution in [0, 0.1) is 0 Å². The van der Waals surface area contributed by atoms with Crippen molar-refractivity contribution >= 4 is 23.7 Å². The van der Waals surface area contributed by atoms with Crippen molar-refractivity contribution in [1.29, 1.82) is 0 Å². The third-order valence-corrected chi connectivity index (χ3v) is 4.64. The summed E-state index contributed by atoms with van der Waals surface area (Å²) >= 11 is 0. The van der Waals surface area contributed by atoms with Gasteiger partial charge >= 0.3 is 5.97 Å². The van der Waals surface area contributed by atoms with Gasteiger partial charge in [0.1, 0.15) is 11.5 Å². The molecule has 0 radical (unpaired) electrons. The molecule has 162 valence electrons. The summed E-state index contributed by atoms with van der Waals surface area (Å²) in [5.74, 6) is 0.0646. The number of esters is 1. The van der Waals surface area contributed by atoms with Crippen molar-refractivity contribution in [3.63, 3.8) is 0 Å². The summed E-state index contributed by atoms with van der Waals surface area (Å²) in [6, 6.07) is 21.6. The first kappa shape index (κ1) is 22.4. The number of nitrogens with zero attached hydrogens (tertiary/aromatic N) is 3. The van der Waals surface area contributed by atoms with E-state index >= 15 is 0 Å². The Bertz CT molecular complexity index is 1140. The summed E-state index contributed by atoms with van der Waals surface area (Å²) in [6.45, 7) is 0.509. The van der Waals surface area contributed by atoms with Crippen molar-refractivity contribution < 1.29 is 9.53 Å². The molecule has 7 heteroatoms. The standard InChI is InChI=1S/C25H25N5O2/c1-27-24(30-17-19-11-6-7-15-28-19)23-20(18-9-4-3-5-10-18)12-8-13-22(23)29-16-14-21(26)25(31)32-2/h3-16H,17,26H2,1-2H3,(H,27,30)/b21-14-,29-16+. The zero-order valence-electron chi connectivity index (χ0n) is 18.0. The number of hydrogen-bond donors (Lipinski definition) is 2. The second-order valence-electron chi connectivity index (χ2n) is 6.70. The Hall–Kier alpha value is -4.26. The number of hydrogen-bond acceptors (Lipinski definition) is 6. The van der Waals surface area contributed by atoms with Gasteiger partial charge in [0.2, 0.25) is 0 Å². The van der Waals surface area contributed by atoms with E-state index in [1.807, 2.05) is 66.7 Å². The van der Waals surface area contributed by atoms with E-state index in [9.17, 15) is 4.79 Å². The second-order valence-corrected chi connectivity index (χ2v) is 6.70. The molecule has 0 atom stereocenters. The van der Waals surface area contributed by atoms with Gasteiger partial charge in [0.15, 0.2) is 0 Å². The SMILES string of the molecule is C/N=C(/NCc1ccccn1)c1c(/N=C/C=C(\N)C(=O)OC)cccc1-c1ccccc1. The molecule has 0 amide bonds. The highest BCUT2D eigenvalue weighted by atomic mass is 16.5. The van der Waals surface area contributed by atoms with Crippen LogP contribution in [-0.2, 0) is 16.1 Å². The molecule has 1 aromatic heterocycles. The minimum Gasteiger partial charge on any atom is -0.464 e. The fraction of sp³-hybridized carbons (Fsp3) is 0.120. The molecular formula is C25H25N5O2. The maximum Gasteiger partial charge on any atom is 0.353 e. The summed E-state index contributed by atoms with van der Waals surface area (Å²) < 4.78 is 4.62. The van der Waals surface area contributed by atoms with Gasteiger partial charge in [-0.05, 0) is 35.4 Å². The zero-order valence-corrected chi connectivity index (χ0v) is 18.0. The first-order chi connectivity index (χ1) is 15.6. The lowest BCUT2D eigenvalue weighted by Gasteiger charge is -2.16. The van der Waals surface area contributed by atoms with Crippen LogP contribution < -0.4 is 11.1 Å². The van der Waals surface area contributed by atoms with Gasteiger partial charge in [-0.2, -0.15) is 0 Å². The van der Waals surface area contributed by atoms with Crippen LogP contribution in [0.5, 0.6) is 0 Å². The number of aliphatic imine (C=N–C) groups is 2. The molecule has 0 saturated heterocycles. The predicted octanol–water partition coefficient (Wildman–Crippen LogP) is 3.63. The Morgan fingerprint density at radius 2 is 1.88 bits per heavy atom. The monoisotopic (exact) mass is 427 g/mol. The van der Waals surface area contributed by atoms with E-state index in [4.69, 9.17) is 5.73 Å². The topological polar surface area (TPSA) is 102 Å². The fourth-order valence-corrected chi connectivity index (χ4v) is 3.09. The molecule has 1 heterocycles. The van der Waals surface area contributed by atoms with Gasteiger partial charge in [0.05, 0.1) is 25.0 Å². The number of carbonyl (C=O) groups is 1. The van der Waals surface area contributed by atoms with Gasteiger partial charge in [-0.1, -0.05) is 48.5 Å². The van der Waals surface area contributed by atoms with Crippen molar-refractivity contribution in [1.82, 2.24) is 10.3 Å². The molecule has 0 aliphatic rings. The number of ether oxygens (including phenoxy) is 1. The molecule has 2 aromatic carbocycles. The first-order valence-corrected chi connectivity index (χ1v) is 10.0. The average Bonchev–Trinajstić information content (AvgIpc) is 2.85. The lowest BCUT2D eigenvalue weighted by atomic mass is 9.97. The number of nitrogens with two attached hydrogens (primary N) is 1. The molecule has 7 nitrogen and oxygen atoms in total. The summed E-state index contributed by atoms with van der Waals surface area (Å²) in [5.41, 5.74) is 10.1. The van der Waals surface area contributed by atoms with Crippen molar-refractivity contribution in [3.8, 4) is 11.1 Å². The summed E-state index contributed by atoms with van der Waals surface area (Å²) in [5, 5.41) is 3.38. The number of aromatic nitrogens is 1. The van der Waals surface area contributed by atoms with Crippen LogP contribution in [0.4, 0.5) is 5.69 Å². The zero-order chi connectivity index (χ0) is 22.8. The molecule has 3 rings (SSSR count). The van der Waals surface area contributed by atoms with E-state index in [1.165, 1.54) is 19.4 Å². The van der Waals surface area contributed by atoms with Crippen LogP contribution in [0.15, 0.2) is 94.7 Å². The Morgan fingerprint density at radius 3 is 2.56 bits per heavy atom. The van der Waals surface area contributed by atoms with Crippen LogP contribution in [0.1, 0.15) is 11.3 Å². The Balaban J connectivity index is 2.02. The average molecular weight is 428 g/mol. The summed E-state index contributed by atoms with van der Waals surface area (Å²) in [7, 11) is 3.00. The van der Waals surface area contributed by atoms with E-state index in [2.05, 4.69) is 25.0 Å². The van der Waals surface area contributed by atoms with Gasteiger partial charge in [0.25, 0.3) is 0 Å². The molecular weight excluding hydrogens is 402 g/mol. The van der Waals surface area contributed by atoms with E-state index in [-0.39, 0.29) is 5.70 Å². The van der Waals surface area contributed by atoms with Crippen molar-refractivity contribution in [2.45, 2.75) is 6.54 Å². The van der Waals surface area contributed by atoms with E-state index in [0.717, 1.165) is 22.4 Å². The highest BCUT2D eigenvalue weighted by Gasteiger charge is 2.15. The normalized spacial score (nSPS) is 12.1. The van der Waals surface area contributed by atoms with Crippen LogP contribution in [-0.4, -0.2) is 37.2 Å². The minimum atomic E-state index is -0.609. The molecule has 3 aromatic rings. The van der Waals surface area contributed by atoms with Gasteiger partial charge in [-0.3, -0.25) is 15.0 Å². The number of pyridine rings is 1. The largest absolute Gasteiger partial charge is 0.464 e. The number of nitrogens with one attached hydrogen (secondary N) is 1. The van der Waals surface area contributed by atoms with Crippen LogP contribution in [0.25, 0.3) is 11.1 Å². The molecule has 0 unspecified atom stereocenters. The molecule has 32 heavy (non-hydrogen) atoms. The second kappa shape index (κ2) is 11.2. The number of rotatable bonds is 7. The van der Waals surface area contributed by atoms with Crippen molar-refractivity contribution in [3.05, 3.63) is 96.0 Å². The van der Waals surface area contributed by atoms with Gasteiger partial charge in [-0.25, -0.2) is 4.79 Å². The molecule has 0 aliphatic heterocycles. The molecule has 0 spiro atoms. The number of allylic oxidation sites excluding steroid dienone is 1. The lowest BCUT2D eigenvalue weighted by molar-refractivity contribution is -0.136. The maximum absolute atomic E-state index is 11.5. The van der Waals surface area contributed by atoms with Crippen LogP contribution in [0.3, 0.4) is 0 Å². The molecule has 0 bridgehead atoms. The Kier molecular flexibility index (Phi) is 7.86. The van der Waals surface area contributed by atoms with Crippen LogP contribution >= 0.6 is 0 Å². The smallest absolute Gasteiger partial charge is 0.353 e. The fourth-order valence-electron chi connectivity index (χ4n) is 3.09. The third-order valence-electron chi connectivity index (χ3n) is 4.64. The number of carbonyl (C=O) groups excluding carboxylic acids is 1. The van der Waals surface area contributed by atoms with E-state index in [0.29, 0.717) is 18.1 Å². The number of amidine groups is 1. The molecule has 0 aliphatic carbocycles. The predicted molar refractivity (Wildman–Crippen MR) is 128 cm³/mol. The number of benzene rings is 2. The molecule has 3 N–H and O–H groups in total. The van der Waals surface area contributed by atoms with E-state index < -0.39 is 5.97 Å². The highest BCUT2D eigenvalue weighted by Crippen LogP contribution is 2.31. The first-order valence-electron chi connectivity index (χ1n) is 10.0. The van der Waals surface area contributed by atoms with Gasteiger partial charge in [-0.15, -0.1) is 0 Å². The minimum absolute atomic E-state index is 0.0327. The van der Waals surface area contributed by atoms with Crippen molar-refractivity contribution in [2.75, 3.05) is 14.2 Å². The summed E-state index contributed by atoms with van der Waals surface area (Å²) in [6.07, 6.45) is 4.65. The Labute approximate surface area is 187 Å². The van der Waals surface area contributed by atoms with E-state index in [1.54, 1.807) is 13.2 Å². The van der Waals surface area contributed by atoms with Gasteiger partial charge in [0, 0.05) is 25.0 Å². The van der Waals surface area contributed by atoms with Crippen LogP contribution in [0.2, 0.25) is 0 Å².